The maximum Gasteiger partial charge on any atom is 0.139 e. The Morgan fingerprint density at radius 3 is 1.00 bits per heavy atom. The van der Waals surface area contributed by atoms with Crippen molar-refractivity contribution in [2.24, 2.45) is 0 Å². The molecule has 0 atom stereocenters. The van der Waals surface area contributed by atoms with Crippen molar-refractivity contribution in [3.8, 4) is 56.8 Å². The van der Waals surface area contributed by atoms with Crippen molar-refractivity contribution in [3.05, 3.63) is 133 Å². The molecule has 0 amide bonds. The van der Waals surface area contributed by atoms with E-state index in [1.54, 1.807) is 24.3 Å². The smallest absolute Gasteiger partial charge is 0.139 e. The van der Waals surface area contributed by atoms with Crippen LogP contribution in [-0.4, -0.2) is 20.4 Å². The Labute approximate surface area is 258 Å². The van der Waals surface area contributed by atoms with Gasteiger partial charge in [-0.05, 0) is 56.9 Å². The van der Waals surface area contributed by atoms with E-state index in [-0.39, 0.29) is 23.0 Å². The largest absolute Gasteiger partial charge is 0.507 e. The van der Waals surface area contributed by atoms with Gasteiger partial charge in [-0.3, -0.25) is 0 Å². The fourth-order valence-electron chi connectivity index (χ4n) is 6.50. The number of fused-ring (bicyclic) bond motifs is 4. The molecule has 45 heavy (non-hydrogen) atoms. The predicted octanol–water partition coefficient (Wildman–Crippen LogP) is 10.2. The predicted molar refractivity (Wildman–Crippen MR) is 181 cm³/mol. The van der Waals surface area contributed by atoms with Gasteiger partial charge in [-0.1, -0.05) is 97.1 Å². The van der Waals surface area contributed by atoms with Crippen LogP contribution in [-0.2, 0) is 0 Å². The Balaban J connectivity index is 1.46. The molecule has 8 aromatic carbocycles. The second-order valence-corrected chi connectivity index (χ2v) is 11.1. The second kappa shape index (κ2) is 10.2. The van der Waals surface area contributed by atoms with Gasteiger partial charge in [-0.15, -0.1) is 0 Å². The zero-order valence-corrected chi connectivity index (χ0v) is 23.9. The molecule has 216 valence electrons. The lowest BCUT2D eigenvalue weighted by Gasteiger charge is -2.21. The highest BCUT2D eigenvalue weighted by atomic mass is 16.5. The number of hydrogen-bond acceptors (Lipinski definition) is 5. The van der Waals surface area contributed by atoms with Crippen LogP contribution in [0.4, 0.5) is 0 Å². The second-order valence-electron chi connectivity index (χ2n) is 11.1. The van der Waals surface area contributed by atoms with Gasteiger partial charge in [0.1, 0.15) is 34.5 Å². The third kappa shape index (κ3) is 4.17. The van der Waals surface area contributed by atoms with Crippen LogP contribution in [0.25, 0.3) is 65.3 Å². The first-order valence-corrected chi connectivity index (χ1v) is 14.6. The molecule has 4 N–H and O–H groups in total. The molecule has 8 rings (SSSR count). The summed E-state index contributed by atoms with van der Waals surface area (Å²) in [5.74, 6) is 1.19. The number of ether oxygens (including phenoxy) is 1. The van der Waals surface area contributed by atoms with Crippen LogP contribution in [0, 0.1) is 0 Å². The van der Waals surface area contributed by atoms with E-state index in [0.29, 0.717) is 33.0 Å². The molecular formula is C40H26O5. The van der Waals surface area contributed by atoms with Gasteiger partial charge < -0.3 is 25.2 Å². The minimum absolute atomic E-state index is 0.0501. The molecule has 0 aromatic heterocycles. The van der Waals surface area contributed by atoms with Crippen molar-refractivity contribution in [2.45, 2.75) is 0 Å². The Hall–Kier alpha value is -6.20. The number of rotatable bonds is 4. The molecular weight excluding hydrogens is 560 g/mol. The van der Waals surface area contributed by atoms with E-state index >= 15 is 0 Å². The summed E-state index contributed by atoms with van der Waals surface area (Å²) in [6.45, 7) is 0. The Bertz CT molecular complexity index is 2290. The third-order valence-corrected chi connectivity index (χ3v) is 8.53. The maximum atomic E-state index is 11.2. The fourth-order valence-corrected chi connectivity index (χ4v) is 6.50. The summed E-state index contributed by atoms with van der Waals surface area (Å²) in [6, 6.07) is 40.6. The minimum atomic E-state index is 0.0501. The first kappa shape index (κ1) is 26.4. The third-order valence-electron chi connectivity index (χ3n) is 8.53. The van der Waals surface area contributed by atoms with Crippen LogP contribution in [0.1, 0.15) is 0 Å². The van der Waals surface area contributed by atoms with Crippen molar-refractivity contribution in [1.29, 1.82) is 0 Å². The SMILES string of the molecule is Oc1ccc(-c2c(Oc3cc(O)c4ccccc4c3-c3ccc(O)c4ccccc34)cc(O)c3ccccc23)c2ccccc12. The van der Waals surface area contributed by atoms with Crippen LogP contribution in [0.15, 0.2) is 133 Å². The van der Waals surface area contributed by atoms with Crippen molar-refractivity contribution >= 4 is 43.1 Å². The molecule has 0 saturated carbocycles. The van der Waals surface area contributed by atoms with Crippen molar-refractivity contribution in [1.82, 2.24) is 0 Å². The zero-order chi connectivity index (χ0) is 30.7. The van der Waals surface area contributed by atoms with Crippen LogP contribution in [0.5, 0.6) is 34.5 Å². The molecule has 5 heteroatoms. The lowest BCUT2D eigenvalue weighted by Crippen LogP contribution is -1.95. The average Bonchev–Trinajstić information content (AvgIpc) is 3.07. The standard InChI is InChI=1S/C40H26O5/c41-33-19-17-31(23-9-1-3-11-25(23)33)39-29-15-7-5-13-27(29)35(43)21-37(39)45-38-22-36(44)28-14-6-8-16-30(28)40(38)32-18-20-34(42)26-12-4-2-10-24(26)32/h1-22,41-44H. The van der Waals surface area contributed by atoms with Gasteiger partial charge in [0.05, 0.1) is 0 Å². The summed E-state index contributed by atoms with van der Waals surface area (Å²) in [4.78, 5) is 0. The van der Waals surface area contributed by atoms with Gasteiger partial charge in [-0.25, -0.2) is 0 Å². The van der Waals surface area contributed by atoms with Gasteiger partial charge in [0, 0.05) is 44.8 Å². The topological polar surface area (TPSA) is 90.2 Å². The summed E-state index contributed by atoms with van der Waals surface area (Å²) in [5.41, 5.74) is 3.09. The van der Waals surface area contributed by atoms with E-state index in [4.69, 9.17) is 4.74 Å². The van der Waals surface area contributed by atoms with Crippen molar-refractivity contribution < 1.29 is 25.2 Å². The molecule has 0 aliphatic carbocycles. The Morgan fingerprint density at radius 1 is 0.311 bits per heavy atom. The Kier molecular flexibility index (Phi) is 6.00. The van der Waals surface area contributed by atoms with Crippen molar-refractivity contribution in [3.63, 3.8) is 0 Å². The Morgan fingerprint density at radius 2 is 0.622 bits per heavy atom. The number of phenols is 4. The van der Waals surface area contributed by atoms with E-state index in [0.717, 1.165) is 43.8 Å². The van der Waals surface area contributed by atoms with Crippen LogP contribution >= 0.6 is 0 Å². The summed E-state index contributed by atoms with van der Waals surface area (Å²) < 4.78 is 6.84. The van der Waals surface area contributed by atoms with E-state index in [1.807, 2.05) is 109 Å². The van der Waals surface area contributed by atoms with Crippen molar-refractivity contribution in [2.75, 3.05) is 0 Å². The summed E-state index contributed by atoms with van der Waals surface area (Å²) in [7, 11) is 0. The van der Waals surface area contributed by atoms with Crippen LogP contribution in [0.2, 0.25) is 0 Å². The van der Waals surface area contributed by atoms with E-state index < -0.39 is 0 Å². The lowest BCUT2D eigenvalue weighted by atomic mass is 9.91. The number of phenolic OH excluding ortho intramolecular Hbond substituents is 4. The minimum Gasteiger partial charge on any atom is -0.507 e. The molecule has 0 aliphatic heterocycles. The van der Waals surface area contributed by atoms with Gasteiger partial charge in [0.2, 0.25) is 0 Å². The summed E-state index contributed by atoms with van der Waals surface area (Å²) in [5, 5.41) is 49.7. The number of aromatic hydroxyl groups is 4. The highest BCUT2D eigenvalue weighted by Crippen LogP contribution is 2.50. The average molecular weight is 587 g/mol. The van der Waals surface area contributed by atoms with Gasteiger partial charge in [0.25, 0.3) is 0 Å². The van der Waals surface area contributed by atoms with Crippen LogP contribution in [0.3, 0.4) is 0 Å². The molecule has 0 bridgehead atoms. The summed E-state index contributed by atoms with van der Waals surface area (Å²) in [6.07, 6.45) is 0. The quantitative estimate of drug-likeness (QED) is 0.165. The van der Waals surface area contributed by atoms with Gasteiger partial charge in [0.15, 0.2) is 0 Å². The molecule has 0 radical (unpaired) electrons. The van der Waals surface area contributed by atoms with E-state index in [1.165, 1.54) is 0 Å². The molecule has 5 nitrogen and oxygen atoms in total. The monoisotopic (exact) mass is 586 g/mol. The molecule has 8 aromatic rings. The number of benzene rings is 8. The lowest BCUT2D eigenvalue weighted by molar-refractivity contribution is 0.453. The maximum absolute atomic E-state index is 11.2. The summed E-state index contributed by atoms with van der Waals surface area (Å²) >= 11 is 0. The molecule has 0 fully saturated rings. The fraction of sp³-hybridized carbons (Fsp3) is 0. The van der Waals surface area contributed by atoms with Crippen LogP contribution < -0.4 is 4.74 Å². The van der Waals surface area contributed by atoms with Gasteiger partial charge >= 0.3 is 0 Å². The number of hydrogen-bond donors (Lipinski definition) is 4. The molecule has 0 saturated heterocycles. The first-order valence-electron chi connectivity index (χ1n) is 14.6. The van der Waals surface area contributed by atoms with E-state index in [9.17, 15) is 20.4 Å². The highest BCUT2D eigenvalue weighted by molar-refractivity contribution is 6.12. The molecule has 0 unspecified atom stereocenters. The zero-order valence-electron chi connectivity index (χ0n) is 23.9. The normalized spacial score (nSPS) is 11.5. The highest BCUT2D eigenvalue weighted by Gasteiger charge is 2.22. The molecule has 0 aliphatic rings. The first-order chi connectivity index (χ1) is 22.0. The molecule has 0 spiro atoms. The van der Waals surface area contributed by atoms with Gasteiger partial charge in [-0.2, -0.15) is 0 Å². The van der Waals surface area contributed by atoms with E-state index in [2.05, 4.69) is 0 Å². The molecule has 0 heterocycles.